The highest BCUT2D eigenvalue weighted by Crippen LogP contribution is 2.17. The van der Waals surface area contributed by atoms with E-state index in [0.29, 0.717) is 6.61 Å². The van der Waals surface area contributed by atoms with Crippen LogP contribution in [-0.2, 0) is 6.54 Å². The van der Waals surface area contributed by atoms with E-state index in [1.54, 1.807) is 7.11 Å². The first-order valence-corrected chi connectivity index (χ1v) is 6.52. The van der Waals surface area contributed by atoms with Gasteiger partial charge in [0.15, 0.2) is 0 Å². The van der Waals surface area contributed by atoms with E-state index in [1.807, 2.05) is 48.5 Å². The molecule has 0 aromatic heterocycles. The molecule has 0 fully saturated rings. The highest BCUT2D eigenvalue weighted by Gasteiger charge is 1.97. The predicted molar refractivity (Wildman–Crippen MR) is 79.3 cm³/mol. The number of aliphatic hydroxyl groups is 1. The molecule has 0 aliphatic carbocycles. The molecule has 0 bridgehead atoms. The van der Waals surface area contributed by atoms with Crippen LogP contribution in [0.15, 0.2) is 48.5 Å². The molecule has 4 heteroatoms. The van der Waals surface area contributed by atoms with Gasteiger partial charge in [-0.05, 0) is 42.0 Å². The fourth-order valence-corrected chi connectivity index (χ4v) is 1.78. The lowest BCUT2D eigenvalue weighted by Gasteiger charge is -2.09. The molecule has 0 saturated carbocycles. The summed E-state index contributed by atoms with van der Waals surface area (Å²) in [5.41, 5.74) is 2.21. The Kier molecular flexibility index (Phi) is 5.26. The molecular weight excluding hydrogens is 254 g/mol. The first-order valence-electron chi connectivity index (χ1n) is 6.52. The molecule has 106 valence electrons. The van der Waals surface area contributed by atoms with Crippen molar-refractivity contribution in [3.8, 4) is 11.5 Å². The third-order valence-corrected chi connectivity index (χ3v) is 2.87. The van der Waals surface area contributed by atoms with Gasteiger partial charge in [-0.1, -0.05) is 12.1 Å². The largest absolute Gasteiger partial charge is 0.497 e. The van der Waals surface area contributed by atoms with Crippen LogP contribution in [0.2, 0.25) is 0 Å². The molecule has 20 heavy (non-hydrogen) atoms. The highest BCUT2D eigenvalue weighted by molar-refractivity contribution is 5.47. The van der Waals surface area contributed by atoms with Crippen molar-refractivity contribution in [3.63, 3.8) is 0 Å². The maximum absolute atomic E-state index is 8.68. The van der Waals surface area contributed by atoms with Gasteiger partial charge in [0.2, 0.25) is 0 Å². The lowest BCUT2D eigenvalue weighted by Crippen LogP contribution is -2.02. The second kappa shape index (κ2) is 7.40. The molecule has 0 amide bonds. The summed E-state index contributed by atoms with van der Waals surface area (Å²) in [4.78, 5) is 0. The number of anilines is 1. The lowest BCUT2D eigenvalue weighted by molar-refractivity contribution is 0.201. The minimum atomic E-state index is 0.0253. The van der Waals surface area contributed by atoms with Gasteiger partial charge in [-0.15, -0.1) is 0 Å². The Balaban J connectivity index is 1.86. The normalized spacial score (nSPS) is 10.1. The van der Waals surface area contributed by atoms with Crippen molar-refractivity contribution in [1.29, 1.82) is 0 Å². The fraction of sp³-hybridized carbons (Fsp3) is 0.250. The van der Waals surface area contributed by atoms with Gasteiger partial charge in [0.05, 0.1) is 13.7 Å². The van der Waals surface area contributed by atoms with E-state index in [-0.39, 0.29) is 6.61 Å². The minimum Gasteiger partial charge on any atom is -0.497 e. The zero-order valence-corrected chi connectivity index (χ0v) is 11.5. The Labute approximate surface area is 119 Å². The van der Waals surface area contributed by atoms with Crippen LogP contribution in [-0.4, -0.2) is 25.4 Å². The highest BCUT2D eigenvalue weighted by atomic mass is 16.5. The summed E-state index contributed by atoms with van der Waals surface area (Å²) in [5, 5.41) is 12.0. The molecule has 0 radical (unpaired) electrons. The Morgan fingerprint density at radius 2 is 1.60 bits per heavy atom. The Morgan fingerprint density at radius 1 is 0.950 bits per heavy atom. The van der Waals surface area contributed by atoms with E-state index in [4.69, 9.17) is 14.6 Å². The number of ether oxygens (including phenoxy) is 2. The molecule has 0 aliphatic heterocycles. The zero-order chi connectivity index (χ0) is 14.2. The van der Waals surface area contributed by atoms with Gasteiger partial charge in [-0.2, -0.15) is 0 Å². The van der Waals surface area contributed by atoms with Gasteiger partial charge < -0.3 is 19.9 Å². The van der Waals surface area contributed by atoms with Crippen molar-refractivity contribution < 1.29 is 14.6 Å². The van der Waals surface area contributed by atoms with Gasteiger partial charge in [0.25, 0.3) is 0 Å². The number of hydrogen-bond donors (Lipinski definition) is 2. The third-order valence-electron chi connectivity index (χ3n) is 2.87. The number of methoxy groups -OCH3 is 1. The summed E-state index contributed by atoms with van der Waals surface area (Å²) in [6, 6.07) is 15.6. The summed E-state index contributed by atoms with van der Waals surface area (Å²) >= 11 is 0. The SMILES string of the molecule is COc1ccc(CNc2ccc(OCCO)cc2)cc1. The second-order valence-corrected chi connectivity index (χ2v) is 4.30. The molecule has 2 aromatic carbocycles. The topological polar surface area (TPSA) is 50.7 Å². The lowest BCUT2D eigenvalue weighted by atomic mass is 10.2. The van der Waals surface area contributed by atoms with Crippen molar-refractivity contribution >= 4 is 5.69 Å². The summed E-state index contributed by atoms with van der Waals surface area (Å²) < 4.78 is 10.4. The van der Waals surface area contributed by atoms with Gasteiger partial charge in [-0.3, -0.25) is 0 Å². The summed E-state index contributed by atoms with van der Waals surface area (Å²) in [6.07, 6.45) is 0. The average molecular weight is 273 g/mol. The molecule has 2 rings (SSSR count). The van der Waals surface area contributed by atoms with E-state index in [2.05, 4.69) is 5.32 Å². The van der Waals surface area contributed by atoms with Crippen LogP contribution in [0.1, 0.15) is 5.56 Å². The smallest absolute Gasteiger partial charge is 0.119 e. The quantitative estimate of drug-likeness (QED) is 0.814. The molecule has 2 N–H and O–H groups in total. The maximum atomic E-state index is 8.68. The standard InChI is InChI=1S/C16H19NO3/c1-19-15-6-2-13(3-7-15)12-17-14-4-8-16(9-5-14)20-11-10-18/h2-9,17-18H,10-12H2,1H3. The fourth-order valence-electron chi connectivity index (χ4n) is 1.78. The van der Waals surface area contributed by atoms with Crippen molar-refractivity contribution in [2.75, 3.05) is 25.6 Å². The summed E-state index contributed by atoms with van der Waals surface area (Å²) in [6.45, 7) is 1.09. The second-order valence-electron chi connectivity index (χ2n) is 4.30. The van der Waals surface area contributed by atoms with Crippen LogP contribution in [0.25, 0.3) is 0 Å². The first kappa shape index (κ1) is 14.2. The van der Waals surface area contributed by atoms with Crippen LogP contribution in [0.3, 0.4) is 0 Å². The minimum absolute atomic E-state index is 0.0253. The van der Waals surface area contributed by atoms with Crippen molar-refractivity contribution in [2.24, 2.45) is 0 Å². The van der Waals surface area contributed by atoms with Crippen LogP contribution in [0.4, 0.5) is 5.69 Å². The zero-order valence-electron chi connectivity index (χ0n) is 11.5. The number of hydrogen-bond acceptors (Lipinski definition) is 4. The predicted octanol–water partition coefficient (Wildman–Crippen LogP) is 2.68. The van der Waals surface area contributed by atoms with Gasteiger partial charge >= 0.3 is 0 Å². The Bertz CT molecular complexity index is 508. The van der Waals surface area contributed by atoms with Gasteiger partial charge in [0, 0.05) is 12.2 Å². The van der Waals surface area contributed by atoms with Gasteiger partial charge in [0.1, 0.15) is 18.1 Å². The van der Waals surface area contributed by atoms with Crippen molar-refractivity contribution in [1.82, 2.24) is 0 Å². The molecule has 0 atom stereocenters. The van der Waals surface area contributed by atoms with Crippen LogP contribution in [0, 0.1) is 0 Å². The first-order chi connectivity index (χ1) is 9.81. The molecule has 2 aromatic rings. The third kappa shape index (κ3) is 4.17. The Morgan fingerprint density at radius 3 is 2.20 bits per heavy atom. The molecule has 0 saturated heterocycles. The molecule has 0 unspecified atom stereocenters. The molecule has 4 nitrogen and oxygen atoms in total. The molecule has 0 aliphatic rings. The van der Waals surface area contributed by atoms with E-state index in [1.165, 1.54) is 5.56 Å². The molecular formula is C16H19NO3. The summed E-state index contributed by atoms with van der Waals surface area (Å²) in [5.74, 6) is 1.62. The van der Waals surface area contributed by atoms with Crippen molar-refractivity contribution in [3.05, 3.63) is 54.1 Å². The van der Waals surface area contributed by atoms with E-state index < -0.39 is 0 Å². The van der Waals surface area contributed by atoms with E-state index >= 15 is 0 Å². The molecule has 0 heterocycles. The molecule has 0 spiro atoms. The van der Waals surface area contributed by atoms with Crippen LogP contribution >= 0.6 is 0 Å². The summed E-state index contributed by atoms with van der Waals surface area (Å²) in [7, 11) is 1.66. The number of nitrogens with one attached hydrogen (secondary N) is 1. The van der Waals surface area contributed by atoms with Crippen LogP contribution < -0.4 is 14.8 Å². The van der Waals surface area contributed by atoms with E-state index in [0.717, 1.165) is 23.7 Å². The monoisotopic (exact) mass is 273 g/mol. The number of benzene rings is 2. The number of rotatable bonds is 7. The van der Waals surface area contributed by atoms with E-state index in [9.17, 15) is 0 Å². The van der Waals surface area contributed by atoms with Crippen molar-refractivity contribution in [2.45, 2.75) is 6.54 Å². The maximum Gasteiger partial charge on any atom is 0.119 e. The van der Waals surface area contributed by atoms with Gasteiger partial charge in [-0.25, -0.2) is 0 Å². The van der Waals surface area contributed by atoms with Crippen LogP contribution in [0.5, 0.6) is 11.5 Å². The average Bonchev–Trinajstić information content (AvgIpc) is 2.52. The number of aliphatic hydroxyl groups excluding tert-OH is 1. The Hall–Kier alpha value is -2.20.